The molecule has 0 unspecified atom stereocenters. The van der Waals surface area contributed by atoms with Crippen molar-refractivity contribution in [3.63, 3.8) is 0 Å². The van der Waals surface area contributed by atoms with Crippen molar-refractivity contribution < 1.29 is 4.79 Å². The number of hydrogen-bond donors (Lipinski definition) is 1. The zero-order chi connectivity index (χ0) is 9.80. The van der Waals surface area contributed by atoms with Gasteiger partial charge in [-0.3, -0.25) is 4.79 Å². The predicted octanol–water partition coefficient (Wildman–Crippen LogP) is 2.29. The zero-order valence-corrected chi connectivity index (χ0v) is 8.72. The second kappa shape index (κ2) is 4.42. The van der Waals surface area contributed by atoms with Crippen LogP contribution < -0.4 is 5.32 Å². The molecule has 1 aliphatic carbocycles. The lowest BCUT2D eigenvalue weighted by atomic mass is 10.4. The molecule has 3 heteroatoms. The zero-order valence-electron chi connectivity index (χ0n) is 7.90. The van der Waals surface area contributed by atoms with Crippen molar-refractivity contribution in [1.82, 2.24) is 5.32 Å². The predicted molar refractivity (Wildman–Crippen MR) is 59.1 cm³/mol. The molecule has 2 rings (SSSR count). The van der Waals surface area contributed by atoms with Crippen molar-refractivity contribution in [3.8, 4) is 0 Å². The Morgan fingerprint density at radius 1 is 1.64 bits per heavy atom. The highest BCUT2D eigenvalue weighted by molar-refractivity contribution is 7.10. The molecule has 0 atom stereocenters. The molecule has 2 nitrogen and oxygen atoms in total. The Bertz CT molecular complexity index is 325. The van der Waals surface area contributed by atoms with E-state index < -0.39 is 0 Å². The average Bonchev–Trinajstić information content (AvgIpc) is 2.87. The van der Waals surface area contributed by atoms with E-state index in [4.69, 9.17) is 0 Å². The molecule has 1 amide bonds. The largest absolute Gasteiger partial charge is 0.352 e. The maximum absolute atomic E-state index is 11.3. The van der Waals surface area contributed by atoms with Gasteiger partial charge < -0.3 is 5.32 Å². The Labute approximate surface area is 87.6 Å². The van der Waals surface area contributed by atoms with Crippen molar-refractivity contribution in [2.75, 3.05) is 6.54 Å². The minimum Gasteiger partial charge on any atom is -0.352 e. The minimum absolute atomic E-state index is 0.0188. The van der Waals surface area contributed by atoms with Crippen LogP contribution in [-0.4, -0.2) is 12.5 Å². The van der Waals surface area contributed by atoms with Crippen LogP contribution in [0.3, 0.4) is 0 Å². The molecule has 1 N–H and O–H groups in total. The maximum atomic E-state index is 11.3. The molecular formula is C11H13NOS. The van der Waals surface area contributed by atoms with Gasteiger partial charge in [0, 0.05) is 17.5 Å². The van der Waals surface area contributed by atoms with Gasteiger partial charge in [0.1, 0.15) is 0 Å². The van der Waals surface area contributed by atoms with E-state index in [0.29, 0.717) is 0 Å². The fourth-order valence-corrected chi connectivity index (χ4v) is 1.79. The third-order valence-electron chi connectivity index (χ3n) is 2.20. The van der Waals surface area contributed by atoms with Crippen LogP contribution in [0, 0.1) is 5.92 Å². The van der Waals surface area contributed by atoms with Gasteiger partial charge in [0.15, 0.2) is 0 Å². The van der Waals surface area contributed by atoms with Crippen molar-refractivity contribution >= 4 is 23.3 Å². The van der Waals surface area contributed by atoms with Gasteiger partial charge >= 0.3 is 0 Å². The molecule has 1 heterocycles. The molecule has 0 bridgehead atoms. The fraction of sp³-hybridized carbons (Fsp3) is 0.364. The molecule has 1 saturated carbocycles. The van der Waals surface area contributed by atoms with Gasteiger partial charge in [-0.15, -0.1) is 11.3 Å². The summed E-state index contributed by atoms with van der Waals surface area (Å²) < 4.78 is 0. The first-order chi connectivity index (χ1) is 6.84. The summed E-state index contributed by atoms with van der Waals surface area (Å²) in [5, 5.41) is 4.89. The van der Waals surface area contributed by atoms with E-state index >= 15 is 0 Å². The number of nitrogens with one attached hydrogen (secondary N) is 1. The second-order valence-electron chi connectivity index (χ2n) is 3.54. The summed E-state index contributed by atoms with van der Waals surface area (Å²) in [6, 6.07) is 3.97. The average molecular weight is 207 g/mol. The van der Waals surface area contributed by atoms with E-state index in [9.17, 15) is 4.79 Å². The van der Waals surface area contributed by atoms with E-state index in [0.717, 1.165) is 17.3 Å². The number of rotatable bonds is 4. The van der Waals surface area contributed by atoms with Crippen LogP contribution in [0.2, 0.25) is 0 Å². The Hall–Kier alpha value is -1.09. The number of carbonyl (C=O) groups is 1. The van der Waals surface area contributed by atoms with Crippen molar-refractivity contribution in [2.24, 2.45) is 5.92 Å². The molecule has 1 aromatic rings. The summed E-state index contributed by atoms with van der Waals surface area (Å²) in [5.41, 5.74) is 0. The summed E-state index contributed by atoms with van der Waals surface area (Å²) in [6.07, 6.45) is 6.00. The molecule has 74 valence electrons. The molecule has 14 heavy (non-hydrogen) atoms. The van der Waals surface area contributed by atoms with Crippen molar-refractivity contribution in [2.45, 2.75) is 12.8 Å². The first-order valence-corrected chi connectivity index (χ1v) is 5.72. The van der Waals surface area contributed by atoms with Crippen LogP contribution in [0.4, 0.5) is 0 Å². The minimum atomic E-state index is 0.0188. The van der Waals surface area contributed by atoms with Crippen molar-refractivity contribution in [3.05, 3.63) is 28.5 Å². The van der Waals surface area contributed by atoms with Gasteiger partial charge in [0.25, 0.3) is 0 Å². The molecule has 1 aromatic heterocycles. The van der Waals surface area contributed by atoms with Crippen LogP contribution >= 0.6 is 11.3 Å². The number of carbonyl (C=O) groups excluding carboxylic acids is 1. The SMILES string of the molecule is O=C(/C=C/c1cccs1)NCC1CC1. The quantitative estimate of drug-likeness (QED) is 0.754. The van der Waals surface area contributed by atoms with Crippen LogP contribution in [0.15, 0.2) is 23.6 Å². The van der Waals surface area contributed by atoms with E-state index in [1.165, 1.54) is 12.8 Å². The summed E-state index contributed by atoms with van der Waals surface area (Å²) in [7, 11) is 0. The lowest BCUT2D eigenvalue weighted by Gasteiger charge is -1.97. The van der Waals surface area contributed by atoms with E-state index in [-0.39, 0.29) is 5.91 Å². The molecule has 0 saturated heterocycles. The summed E-state index contributed by atoms with van der Waals surface area (Å²) in [6.45, 7) is 0.841. The van der Waals surface area contributed by atoms with Gasteiger partial charge in [0.05, 0.1) is 0 Å². The topological polar surface area (TPSA) is 29.1 Å². The molecule has 0 spiro atoms. The maximum Gasteiger partial charge on any atom is 0.244 e. The Morgan fingerprint density at radius 3 is 3.14 bits per heavy atom. The lowest BCUT2D eigenvalue weighted by molar-refractivity contribution is -0.116. The second-order valence-corrected chi connectivity index (χ2v) is 4.52. The van der Waals surface area contributed by atoms with E-state index in [1.54, 1.807) is 17.4 Å². The van der Waals surface area contributed by atoms with E-state index in [1.807, 2.05) is 23.6 Å². The fourth-order valence-electron chi connectivity index (χ4n) is 1.17. The number of amides is 1. The molecule has 0 radical (unpaired) electrons. The summed E-state index contributed by atoms with van der Waals surface area (Å²) in [5.74, 6) is 0.763. The third-order valence-corrected chi connectivity index (χ3v) is 3.04. The highest BCUT2D eigenvalue weighted by Gasteiger charge is 2.20. The number of hydrogen-bond acceptors (Lipinski definition) is 2. The summed E-state index contributed by atoms with van der Waals surface area (Å²) in [4.78, 5) is 12.4. The van der Waals surface area contributed by atoms with Crippen LogP contribution in [-0.2, 0) is 4.79 Å². The molecule has 1 aliphatic rings. The van der Waals surface area contributed by atoms with Gasteiger partial charge in [-0.2, -0.15) is 0 Å². The van der Waals surface area contributed by atoms with Crippen molar-refractivity contribution in [1.29, 1.82) is 0 Å². The smallest absolute Gasteiger partial charge is 0.244 e. The molecule has 0 aliphatic heterocycles. The number of thiophene rings is 1. The molecule has 0 aromatic carbocycles. The standard InChI is InChI=1S/C11H13NOS/c13-11(12-8-9-3-4-9)6-5-10-2-1-7-14-10/h1-2,5-7,9H,3-4,8H2,(H,12,13)/b6-5+. The van der Waals surface area contributed by atoms with Gasteiger partial charge in [-0.05, 0) is 36.3 Å². The highest BCUT2D eigenvalue weighted by Crippen LogP contribution is 2.27. The van der Waals surface area contributed by atoms with Crippen LogP contribution in [0.5, 0.6) is 0 Å². The Balaban J connectivity index is 1.75. The van der Waals surface area contributed by atoms with E-state index in [2.05, 4.69) is 5.32 Å². The highest BCUT2D eigenvalue weighted by atomic mass is 32.1. The third kappa shape index (κ3) is 3.00. The van der Waals surface area contributed by atoms with Gasteiger partial charge in [-0.1, -0.05) is 6.07 Å². The van der Waals surface area contributed by atoms with Crippen LogP contribution in [0.1, 0.15) is 17.7 Å². The van der Waals surface area contributed by atoms with Gasteiger partial charge in [0.2, 0.25) is 5.91 Å². The first-order valence-electron chi connectivity index (χ1n) is 4.84. The summed E-state index contributed by atoms with van der Waals surface area (Å²) >= 11 is 1.63. The Morgan fingerprint density at radius 2 is 2.50 bits per heavy atom. The monoisotopic (exact) mass is 207 g/mol. The Kier molecular flexibility index (Phi) is 2.99. The molecular weight excluding hydrogens is 194 g/mol. The first kappa shape index (κ1) is 9.46. The van der Waals surface area contributed by atoms with Crippen LogP contribution in [0.25, 0.3) is 6.08 Å². The lowest BCUT2D eigenvalue weighted by Crippen LogP contribution is -2.23. The molecule has 1 fully saturated rings. The normalized spacial score (nSPS) is 16.0. The van der Waals surface area contributed by atoms with Gasteiger partial charge in [-0.25, -0.2) is 0 Å².